The lowest BCUT2D eigenvalue weighted by Gasteiger charge is -2.08. The molecule has 0 aromatic heterocycles. The highest BCUT2D eigenvalue weighted by atomic mass is 32.2. The monoisotopic (exact) mass is 282 g/mol. The van der Waals surface area contributed by atoms with E-state index in [2.05, 4.69) is 5.10 Å². The standard InChI is InChI=1S/C11H10N2O3S2/c1-16-8-4-2-3-7(10(8)15)5-12-13-9(14)6-18-11(13)17/h2-5,15H,6H2,1H3. The van der Waals surface area contributed by atoms with Crippen LogP contribution in [-0.2, 0) is 4.79 Å². The first kappa shape index (κ1) is 12.8. The highest BCUT2D eigenvalue weighted by Gasteiger charge is 2.26. The van der Waals surface area contributed by atoms with Gasteiger partial charge in [0.2, 0.25) is 0 Å². The second-order valence-electron chi connectivity index (χ2n) is 3.40. The maximum Gasteiger partial charge on any atom is 0.259 e. The topological polar surface area (TPSA) is 62.1 Å². The number of benzene rings is 1. The quantitative estimate of drug-likeness (QED) is 0.674. The number of nitrogens with zero attached hydrogens (tertiary/aromatic N) is 2. The van der Waals surface area contributed by atoms with E-state index in [1.54, 1.807) is 18.2 Å². The van der Waals surface area contributed by atoms with E-state index in [4.69, 9.17) is 17.0 Å². The molecule has 7 heteroatoms. The van der Waals surface area contributed by atoms with E-state index in [9.17, 15) is 9.90 Å². The normalized spacial score (nSPS) is 15.7. The fourth-order valence-electron chi connectivity index (χ4n) is 1.39. The average molecular weight is 282 g/mol. The van der Waals surface area contributed by atoms with Gasteiger partial charge < -0.3 is 9.84 Å². The molecule has 5 nitrogen and oxygen atoms in total. The van der Waals surface area contributed by atoms with Crippen LogP contribution < -0.4 is 4.74 Å². The number of para-hydroxylation sites is 1. The molecule has 1 heterocycles. The van der Waals surface area contributed by atoms with E-state index in [0.717, 1.165) is 5.01 Å². The van der Waals surface area contributed by atoms with Crippen molar-refractivity contribution in [2.45, 2.75) is 0 Å². The van der Waals surface area contributed by atoms with Crippen molar-refractivity contribution in [3.63, 3.8) is 0 Å². The highest BCUT2D eigenvalue weighted by Crippen LogP contribution is 2.28. The van der Waals surface area contributed by atoms with E-state index in [-0.39, 0.29) is 11.7 Å². The van der Waals surface area contributed by atoms with Gasteiger partial charge in [0, 0.05) is 5.56 Å². The lowest BCUT2D eigenvalue weighted by Crippen LogP contribution is -2.22. The predicted molar refractivity (Wildman–Crippen MR) is 74.2 cm³/mol. The number of carbonyl (C=O) groups excluding carboxylic acids is 1. The zero-order chi connectivity index (χ0) is 13.1. The number of carbonyl (C=O) groups is 1. The minimum Gasteiger partial charge on any atom is -0.504 e. The summed E-state index contributed by atoms with van der Waals surface area (Å²) in [5.41, 5.74) is 0.460. The van der Waals surface area contributed by atoms with Gasteiger partial charge in [-0.1, -0.05) is 30.0 Å². The Morgan fingerprint density at radius 3 is 3.00 bits per heavy atom. The number of thiocarbonyl (C=S) groups is 1. The summed E-state index contributed by atoms with van der Waals surface area (Å²) in [6.07, 6.45) is 1.38. The van der Waals surface area contributed by atoms with Gasteiger partial charge in [0.25, 0.3) is 5.91 Å². The van der Waals surface area contributed by atoms with Crippen molar-refractivity contribution in [3.05, 3.63) is 23.8 Å². The fraction of sp³-hybridized carbons (Fsp3) is 0.182. The third-order valence-corrected chi connectivity index (χ3v) is 3.63. The Labute approximate surface area is 113 Å². The number of thioether (sulfide) groups is 1. The molecule has 1 aliphatic rings. The molecule has 94 valence electrons. The van der Waals surface area contributed by atoms with Crippen LogP contribution in [0.3, 0.4) is 0 Å². The Bertz CT molecular complexity index is 515. The average Bonchev–Trinajstić information content (AvgIpc) is 2.68. The van der Waals surface area contributed by atoms with E-state index < -0.39 is 0 Å². The fourth-order valence-corrected chi connectivity index (χ4v) is 2.35. The molecule has 1 amide bonds. The minimum absolute atomic E-state index is 0.0195. The van der Waals surface area contributed by atoms with E-state index >= 15 is 0 Å². The molecule has 0 aliphatic carbocycles. The molecular formula is C11H10N2O3S2. The van der Waals surface area contributed by atoms with E-state index in [0.29, 0.717) is 21.4 Å². The first-order valence-corrected chi connectivity index (χ1v) is 6.42. The van der Waals surface area contributed by atoms with Crippen molar-refractivity contribution in [2.24, 2.45) is 5.10 Å². The maximum atomic E-state index is 11.4. The zero-order valence-corrected chi connectivity index (χ0v) is 11.1. The highest BCUT2D eigenvalue weighted by molar-refractivity contribution is 8.23. The molecule has 1 saturated heterocycles. The molecule has 0 spiro atoms. The Hall–Kier alpha value is -1.60. The van der Waals surface area contributed by atoms with Crippen molar-refractivity contribution in [2.75, 3.05) is 12.9 Å². The van der Waals surface area contributed by atoms with Crippen LogP contribution in [0.15, 0.2) is 23.3 Å². The SMILES string of the molecule is COc1cccc(C=NN2C(=O)CSC2=S)c1O. The number of ether oxygens (including phenoxy) is 1. The summed E-state index contributed by atoms with van der Waals surface area (Å²) in [4.78, 5) is 11.4. The number of phenols is 1. The molecule has 1 aromatic carbocycles. The van der Waals surface area contributed by atoms with Crippen LogP contribution in [0, 0.1) is 0 Å². The van der Waals surface area contributed by atoms with Crippen LogP contribution in [0.4, 0.5) is 0 Å². The van der Waals surface area contributed by atoms with Crippen LogP contribution in [0.5, 0.6) is 11.5 Å². The summed E-state index contributed by atoms with van der Waals surface area (Å²) in [7, 11) is 1.46. The van der Waals surface area contributed by atoms with Gasteiger partial charge in [-0.2, -0.15) is 10.1 Å². The summed E-state index contributed by atoms with van der Waals surface area (Å²) >= 11 is 6.25. The van der Waals surface area contributed by atoms with Crippen LogP contribution in [0.2, 0.25) is 0 Å². The molecule has 1 N–H and O–H groups in total. The Morgan fingerprint density at radius 2 is 2.39 bits per heavy atom. The third kappa shape index (κ3) is 2.46. The number of rotatable bonds is 3. The van der Waals surface area contributed by atoms with E-state index in [1.165, 1.54) is 25.1 Å². The molecular weight excluding hydrogens is 272 g/mol. The first-order valence-electron chi connectivity index (χ1n) is 5.03. The van der Waals surface area contributed by atoms with Crippen LogP contribution in [0.25, 0.3) is 0 Å². The molecule has 0 saturated carbocycles. The molecule has 0 atom stereocenters. The van der Waals surface area contributed by atoms with Crippen LogP contribution >= 0.6 is 24.0 Å². The van der Waals surface area contributed by atoms with Gasteiger partial charge in [0.1, 0.15) is 0 Å². The van der Waals surface area contributed by atoms with Crippen molar-refractivity contribution in [3.8, 4) is 11.5 Å². The smallest absolute Gasteiger partial charge is 0.259 e. The molecule has 0 radical (unpaired) electrons. The molecule has 1 fully saturated rings. The van der Waals surface area contributed by atoms with Gasteiger partial charge in [-0.15, -0.1) is 0 Å². The molecule has 1 aromatic rings. The summed E-state index contributed by atoms with van der Waals surface area (Å²) < 4.78 is 5.39. The maximum absolute atomic E-state index is 11.4. The summed E-state index contributed by atoms with van der Waals surface area (Å²) in [5.74, 6) is 0.474. The van der Waals surface area contributed by atoms with Crippen LogP contribution in [-0.4, -0.2) is 39.4 Å². The number of amides is 1. The van der Waals surface area contributed by atoms with Crippen molar-refractivity contribution in [1.29, 1.82) is 0 Å². The second kappa shape index (κ2) is 5.36. The Morgan fingerprint density at radius 1 is 1.61 bits per heavy atom. The zero-order valence-electron chi connectivity index (χ0n) is 9.49. The van der Waals surface area contributed by atoms with Gasteiger partial charge in [-0.05, 0) is 12.1 Å². The van der Waals surface area contributed by atoms with Crippen molar-refractivity contribution < 1.29 is 14.6 Å². The number of methoxy groups -OCH3 is 1. The second-order valence-corrected chi connectivity index (χ2v) is 5.01. The number of aromatic hydroxyl groups is 1. The van der Waals surface area contributed by atoms with Gasteiger partial charge in [-0.25, -0.2) is 0 Å². The summed E-state index contributed by atoms with van der Waals surface area (Å²) in [6.45, 7) is 0. The van der Waals surface area contributed by atoms with E-state index in [1.807, 2.05) is 0 Å². The number of hydrazone groups is 1. The molecule has 2 rings (SSSR count). The largest absolute Gasteiger partial charge is 0.504 e. The lowest BCUT2D eigenvalue weighted by atomic mass is 10.2. The Balaban J connectivity index is 2.24. The number of hydrogen-bond acceptors (Lipinski definition) is 6. The summed E-state index contributed by atoms with van der Waals surface area (Å²) in [6, 6.07) is 5.02. The molecule has 0 unspecified atom stereocenters. The van der Waals surface area contributed by atoms with Crippen molar-refractivity contribution >= 4 is 40.4 Å². The molecule has 0 bridgehead atoms. The first-order chi connectivity index (χ1) is 8.63. The van der Waals surface area contributed by atoms with Crippen LogP contribution in [0.1, 0.15) is 5.56 Å². The molecule has 18 heavy (non-hydrogen) atoms. The van der Waals surface area contributed by atoms with Gasteiger partial charge in [0.05, 0.1) is 19.1 Å². The van der Waals surface area contributed by atoms with Crippen molar-refractivity contribution in [1.82, 2.24) is 5.01 Å². The third-order valence-electron chi connectivity index (χ3n) is 2.29. The minimum atomic E-state index is -0.163. The predicted octanol–water partition coefficient (Wildman–Crippen LogP) is 1.59. The summed E-state index contributed by atoms with van der Waals surface area (Å²) in [5, 5.41) is 15.0. The lowest BCUT2D eigenvalue weighted by molar-refractivity contribution is -0.123. The van der Waals surface area contributed by atoms with Gasteiger partial charge in [0.15, 0.2) is 15.8 Å². The number of hydrogen-bond donors (Lipinski definition) is 1. The van der Waals surface area contributed by atoms with Gasteiger partial charge >= 0.3 is 0 Å². The van der Waals surface area contributed by atoms with Gasteiger partial charge in [-0.3, -0.25) is 4.79 Å². The molecule has 1 aliphatic heterocycles. The number of phenolic OH excluding ortho intramolecular Hbond substituents is 1. The Kier molecular flexibility index (Phi) is 3.83.